The number of nitrogens with one attached hydrogen (secondary N) is 2. The highest BCUT2D eigenvalue weighted by Crippen LogP contribution is 2.46. The van der Waals surface area contributed by atoms with Gasteiger partial charge in [0, 0.05) is 54.6 Å². The zero-order valence-electron chi connectivity index (χ0n) is 22.5. The summed E-state index contributed by atoms with van der Waals surface area (Å²) < 4.78 is 16.5. The number of ether oxygens (including phenoxy) is 3. The predicted molar refractivity (Wildman–Crippen MR) is 154 cm³/mol. The molecule has 0 aliphatic carbocycles. The van der Waals surface area contributed by atoms with Crippen LogP contribution in [-0.4, -0.2) is 66.8 Å². The van der Waals surface area contributed by atoms with Crippen LogP contribution in [0.2, 0.25) is 10.0 Å². The predicted octanol–water partition coefficient (Wildman–Crippen LogP) is 5.13. The number of carbonyl (C=O) groups excluding carboxylic acids is 1. The number of carbonyl (C=O) groups is 1. The van der Waals surface area contributed by atoms with Crippen molar-refractivity contribution in [3.63, 3.8) is 0 Å². The lowest BCUT2D eigenvalue weighted by atomic mass is 9.97. The van der Waals surface area contributed by atoms with E-state index in [0.29, 0.717) is 82.9 Å². The quantitative estimate of drug-likeness (QED) is 0.285. The minimum Gasteiger partial charge on any atom is -0.495 e. The summed E-state index contributed by atoms with van der Waals surface area (Å²) in [5, 5.41) is 8.24. The third-order valence-corrected chi connectivity index (χ3v) is 7.34. The molecule has 2 aromatic heterocycles. The first-order chi connectivity index (χ1) is 18.7. The standard InChI is InChI=1S/C28H33Cl2N5O4/c1-6-18(36)9-17-13-39-14-21(17)34-28-32-12-16-10-20(33-19(27(16)35-28)7-8-31-15(2)3)24-25(29)22(37-4)11-23(38-5)26(24)30/h6,10-12,15,17,21,31H,1,7-9,13-14H2,2-5H3,(H,32,34,35)/t17-,21+/m0/s1. The maximum absolute atomic E-state index is 11.9. The summed E-state index contributed by atoms with van der Waals surface area (Å²) in [5.74, 6) is 1.30. The average Bonchev–Trinajstić information content (AvgIpc) is 3.34. The molecule has 0 spiro atoms. The molecule has 39 heavy (non-hydrogen) atoms. The van der Waals surface area contributed by atoms with Gasteiger partial charge >= 0.3 is 0 Å². The molecule has 9 nitrogen and oxygen atoms in total. The van der Waals surface area contributed by atoms with Gasteiger partial charge in [-0.1, -0.05) is 43.6 Å². The Bertz CT molecular complexity index is 1340. The minimum absolute atomic E-state index is 0.0114. The molecule has 3 heterocycles. The molecule has 11 heteroatoms. The van der Waals surface area contributed by atoms with Crippen molar-refractivity contribution in [2.24, 2.45) is 5.92 Å². The number of anilines is 1. The van der Waals surface area contributed by atoms with Crippen molar-refractivity contribution >= 4 is 45.8 Å². The van der Waals surface area contributed by atoms with Gasteiger partial charge in [-0.15, -0.1) is 0 Å². The van der Waals surface area contributed by atoms with E-state index in [2.05, 4.69) is 36.0 Å². The molecule has 1 aromatic carbocycles. The van der Waals surface area contributed by atoms with E-state index in [9.17, 15) is 4.79 Å². The van der Waals surface area contributed by atoms with Crippen LogP contribution < -0.4 is 20.1 Å². The van der Waals surface area contributed by atoms with Gasteiger partial charge in [0.2, 0.25) is 5.95 Å². The molecular weight excluding hydrogens is 541 g/mol. The van der Waals surface area contributed by atoms with E-state index in [0.717, 1.165) is 11.1 Å². The van der Waals surface area contributed by atoms with Gasteiger partial charge in [0.1, 0.15) is 11.5 Å². The van der Waals surface area contributed by atoms with Crippen LogP contribution in [0.15, 0.2) is 31.0 Å². The average molecular weight is 575 g/mol. The summed E-state index contributed by atoms with van der Waals surface area (Å²) in [6.07, 6.45) is 4.06. The van der Waals surface area contributed by atoms with E-state index in [1.54, 1.807) is 12.3 Å². The Hall–Kier alpha value is -2.98. The Morgan fingerprint density at radius 2 is 1.90 bits per heavy atom. The van der Waals surface area contributed by atoms with Crippen LogP contribution in [0.3, 0.4) is 0 Å². The number of ketones is 1. The maximum Gasteiger partial charge on any atom is 0.223 e. The van der Waals surface area contributed by atoms with Crippen LogP contribution in [0.1, 0.15) is 26.0 Å². The van der Waals surface area contributed by atoms with Crippen LogP contribution in [0.4, 0.5) is 5.95 Å². The number of pyridine rings is 1. The van der Waals surface area contributed by atoms with E-state index in [-0.39, 0.29) is 17.7 Å². The van der Waals surface area contributed by atoms with E-state index in [1.165, 1.54) is 20.3 Å². The topological polar surface area (TPSA) is 107 Å². The monoisotopic (exact) mass is 573 g/mol. The molecule has 208 valence electrons. The second-order valence-electron chi connectivity index (χ2n) is 9.65. The summed E-state index contributed by atoms with van der Waals surface area (Å²) in [6, 6.07) is 3.73. The van der Waals surface area contributed by atoms with Crippen LogP contribution in [-0.2, 0) is 16.0 Å². The second-order valence-corrected chi connectivity index (χ2v) is 10.4. The Morgan fingerprint density at radius 3 is 2.54 bits per heavy atom. The third-order valence-electron chi connectivity index (χ3n) is 6.59. The van der Waals surface area contributed by atoms with Gasteiger partial charge in [-0.2, -0.15) is 0 Å². The van der Waals surface area contributed by atoms with Gasteiger partial charge in [0.25, 0.3) is 0 Å². The molecular formula is C28H33Cl2N5O4. The first kappa shape index (κ1) is 29.0. The number of rotatable bonds is 12. The number of nitrogens with zero attached hydrogens (tertiary/aromatic N) is 3. The number of methoxy groups -OCH3 is 2. The molecule has 0 unspecified atom stereocenters. The zero-order chi connectivity index (χ0) is 28.1. The van der Waals surface area contributed by atoms with Crippen molar-refractivity contribution in [2.45, 2.75) is 38.8 Å². The summed E-state index contributed by atoms with van der Waals surface area (Å²) in [6.45, 7) is 9.40. The molecule has 4 rings (SSSR count). The maximum atomic E-state index is 11.9. The van der Waals surface area contributed by atoms with Crippen molar-refractivity contribution in [3.05, 3.63) is 46.7 Å². The Morgan fingerprint density at radius 1 is 1.18 bits per heavy atom. The Labute approximate surface area is 238 Å². The molecule has 1 saturated heterocycles. The van der Waals surface area contributed by atoms with Crippen molar-refractivity contribution < 1.29 is 19.0 Å². The fourth-order valence-electron chi connectivity index (χ4n) is 4.53. The number of aromatic nitrogens is 3. The van der Waals surface area contributed by atoms with Gasteiger partial charge in [-0.05, 0) is 12.1 Å². The lowest BCUT2D eigenvalue weighted by Gasteiger charge is -2.19. The van der Waals surface area contributed by atoms with E-state index in [4.69, 9.17) is 47.4 Å². The number of benzene rings is 1. The highest BCUT2D eigenvalue weighted by atomic mass is 35.5. The van der Waals surface area contributed by atoms with Crippen LogP contribution in [0.25, 0.3) is 22.2 Å². The van der Waals surface area contributed by atoms with Gasteiger partial charge < -0.3 is 24.8 Å². The second kappa shape index (κ2) is 12.9. The highest BCUT2D eigenvalue weighted by molar-refractivity contribution is 6.41. The smallest absolute Gasteiger partial charge is 0.223 e. The van der Waals surface area contributed by atoms with E-state index in [1.807, 2.05) is 6.07 Å². The molecule has 0 radical (unpaired) electrons. The largest absolute Gasteiger partial charge is 0.495 e. The van der Waals surface area contributed by atoms with E-state index >= 15 is 0 Å². The Balaban J connectivity index is 1.76. The number of hydrogen-bond donors (Lipinski definition) is 2. The summed E-state index contributed by atoms with van der Waals surface area (Å²) >= 11 is 13.4. The van der Waals surface area contributed by atoms with Crippen molar-refractivity contribution in [1.29, 1.82) is 0 Å². The Kier molecular flexibility index (Phi) is 9.61. The minimum atomic E-state index is -0.0912. The van der Waals surface area contributed by atoms with E-state index < -0.39 is 0 Å². The van der Waals surface area contributed by atoms with Crippen molar-refractivity contribution in [3.8, 4) is 22.8 Å². The number of halogens is 2. The van der Waals surface area contributed by atoms with Crippen LogP contribution >= 0.6 is 23.2 Å². The van der Waals surface area contributed by atoms with Crippen molar-refractivity contribution in [2.75, 3.05) is 39.3 Å². The molecule has 0 saturated carbocycles. The first-order valence-corrected chi connectivity index (χ1v) is 13.5. The molecule has 2 N–H and O–H groups in total. The zero-order valence-corrected chi connectivity index (χ0v) is 24.0. The third kappa shape index (κ3) is 6.61. The molecule has 1 aliphatic rings. The first-order valence-electron chi connectivity index (χ1n) is 12.8. The highest BCUT2D eigenvalue weighted by Gasteiger charge is 2.30. The van der Waals surface area contributed by atoms with Gasteiger partial charge in [0.05, 0.1) is 60.4 Å². The number of hydrogen-bond acceptors (Lipinski definition) is 9. The van der Waals surface area contributed by atoms with Gasteiger partial charge in [-0.25, -0.2) is 9.97 Å². The molecule has 0 amide bonds. The summed E-state index contributed by atoms with van der Waals surface area (Å²) in [4.78, 5) is 26.3. The van der Waals surface area contributed by atoms with Crippen LogP contribution in [0, 0.1) is 5.92 Å². The summed E-state index contributed by atoms with van der Waals surface area (Å²) in [7, 11) is 3.07. The molecule has 1 aliphatic heterocycles. The SMILES string of the molecule is C=CC(=O)C[C@H]1COC[C@H]1Nc1ncc2cc(-c3c(Cl)c(OC)cc(OC)c3Cl)nc(CCNC(C)C)c2n1. The normalized spacial score (nSPS) is 17.0. The van der Waals surface area contributed by atoms with Gasteiger partial charge in [0.15, 0.2) is 5.78 Å². The fourth-order valence-corrected chi connectivity index (χ4v) is 5.23. The lowest BCUT2D eigenvalue weighted by molar-refractivity contribution is -0.115. The number of allylic oxidation sites excluding steroid dienone is 1. The number of fused-ring (bicyclic) bond motifs is 1. The molecule has 3 aromatic rings. The fraction of sp³-hybridized carbons (Fsp3) is 0.429. The summed E-state index contributed by atoms with van der Waals surface area (Å²) in [5.41, 5.74) is 2.54. The van der Waals surface area contributed by atoms with Gasteiger partial charge in [-0.3, -0.25) is 9.78 Å². The lowest BCUT2D eigenvalue weighted by Crippen LogP contribution is -2.30. The van der Waals surface area contributed by atoms with Crippen LogP contribution in [0.5, 0.6) is 11.5 Å². The van der Waals surface area contributed by atoms with Crippen molar-refractivity contribution in [1.82, 2.24) is 20.3 Å². The molecule has 1 fully saturated rings. The molecule has 2 atom stereocenters. The molecule has 0 bridgehead atoms.